The van der Waals surface area contributed by atoms with Gasteiger partial charge in [-0.15, -0.1) is 0 Å². The lowest BCUT2D eigenvalue weighted by Crippen LogP contribution is -2.12. The number of hydrogen-bond acceptors (Lipinski definition) is 4. The molecule has 1 aromatic heterocycles. The molecular weight excluding hydrogens is 279 g/mol. The highest BCUT2D eigenvalue weighted by molar-refractivity contribution is 7.11. The van der Waals surface area contributed by atoms with E-state index in [0.717, 1.165) is 24.2 Å². The lowest BCUT2D eigenvalue weighted by Gasteiger charge is -2.01. The van der Waals surface area contributed by atoms with Crippen LogP contribution >= 0.6 is 11.3 Å². The first-order chi connectivity index (χ1) is 9.61. The van der Waals surface area contributed by atoms with Gasteiger partial charge < -0.3 is 5.11 Å². The van der Waals surface area contributed by atoms with Gasteiger partial charge in [0, 0.05) is 6.54 Å². The molecule has 0 atom stereocenters. The zero-order chi connectivity index (χ0) is 14.5. The molecule has 4 nitrogen and oxygen atoms in total. The van der Waals surface area contributed by atoms with Crippen LogP contribution in [0.4, 0.5) is 10.1 Å². The van der Waals surface area contributed by atoms with Gasteiger partial charge in [0.25, 0.3) is 0 Å². The summed E-state index contributed by atoms with van der Waals surface area (Å²) in [4.78, 5) is 16.1. The van der Waals surface area contributed by atoms with Crippen molar-refractivity contribution in [3.05, 3.63) is 44.6 Å². The van der Waals surface area contributed by atoms with E-state index >= 15 is 0 Å². The van der Waals surface area contributed by atoms with E-state index < -0.39 is 0 Å². The molecule has 1 heterocycles. The average molecular weight is 294 g/mol. The van der Waals surface area contributed by atoms with Gasteiger partial charge in [-0.1, -0.05) is 24.7 Å². The minimum absolute atomic E-state index is 0.0562. The number of nitrogens with zero attached hydrogens (tertiary/aromatic N) is 2. The van der Waals surface area contributed by atoms with Gasteiger partial charge in [-0.3, -0.25) is 14.4 Å². The number of halogens is 1. The first-order valence-electron chi connectivity index (χ1n) is 6.34. The predicted octanol–water partition coefficient (Wildman–Crippen LogP) is 3.31. The number of benzene rings is 1. The molecule has 0 aliphatic heterocycles. The van der Waals surface area contributed by atoms with E-state index in [1.807, 2.05) is 6.92 Å². The van der Waals surface area contributed by atoms with Crippen LogP contribution < -0.4 is 4.87 Å². The normalized spacial score (nSPS) is 11.3. The van der Waals surface area contributed by atoms with Gasteiger partial charge in [-0.25, -0.2) is 4.39 Å². The summed E-state index contributed by atoms with van der Waals surface area (Å²) < 4.78 is 14.1. The Kier molecular flexibility index (Phi) is 4.68. The molecule has 0 aliphatic carbocycles. The second kappa shape index (κ2) is 6.47. The number of aromatic hydroxyl groups is 1. The summed E-state index contributed by atoms with van der Waals surface area (Å²) in [5.41, 5.74) is 0.562. The average Bonchev–Trinajstić information content (AvgIpc) is 2.71. The maximum atomic E-state index is 12.8. The summed E-state index contributed by atoms with van der Waals surface area (Å²) in [6.07, 6.45) is 3.20. The first-order valence-corrected chi connectivity index (χ1v) is 7.15. The van der Waals surface area contributed by atoms with Crippen LogP contribution in [0.25, 0.3) is 0 Å². The van der Waals surface area contributed by atoms with Gasteiger partial charge in [0.2, 0.25) is 5.88 Å². The fourth-order valence-electron chi connectivity index (χ4n) is 1.67. The third kappa shape index (κ3) is 3.33. The molecule has 0 spiro atoms. The number of hydrogen-bond donors (Lipinski definition) is 1. The van der Waals surface area contributed by atoms with Crippen LogP contribution in [0.5, 0.6) is 5.88 Å². The summed E-state index contributed by atoms with van der Waals surface area (Å²) in [6, 6.07) is 5.67. The quantitative estimate of drug-likeness (QED) is 0.860. The van der Waals surface area contributed by atoms with Crippen LogP contribution in [-0.4, -0.2) is 15.9 Å². The Balaban J connectivity index is 2.21. The molecule has 20 heavy (non-hydrogen) atoms. The number of aromatic nitrogens is 1. The number of thiazole rings is 1. The summed E-state index contributed by atoms with van der Waals surface area (Å²) in [5.74, 6) is -0.388. The number of aliphatic imine (C=N–C) groups is 1. The molecule has 0 aliphatic rings. The van der Waals surface area contributed by atoms with Crippen molar-refractivity contribution in [2.75, 3.05) is 0 Å². The van der Waals surface area contributed by atoms with E-state index in [-0.39, 0.29) is 16.6 Å². The zero-order valence-electron chi connectivity index (χ0n) is 11.0. The smallest absolute Gasteiger partial charge is 0.310 e. The molecule has 0 bridgehead atoms. The molecule has 0 amide bonds. The van der Waals surface area contributed by atoms with Crippen molar-refractivity contribution in [1.29, 1.82) is 0 Å². The van der Waals surface area contributed by atoms with Gasteiger partial charge >= 0.3 is 4.87 Å². The van der Waals surface area contributed by atoms with E-state index in [1.165, 1.54) is 35.0 Å². The summed E-state index contributed by atoms with van der Waals surface area (Å²) in [5, 5.41) is 9.98. The highest BCUT2D eigenvalue weighted by atomic mass is 32.1. The maximum absolute atomic E-state index is 12.8. The molecule has 0 saturated heterocycles. The highest BCUT2D eigenvalue weighted by Gasteiger charge is 2.11. The third-order valence-corrected chi connectivity index (χ3v) is 3.69. The Morgan fingerprint density at radius 2 is 2.10 bits per heavy atom. The van der Waals surface area contributed by atoms with Crippen molar-refractivity contribution in [1.82, 2.24) is 4.57 Å². The van der Waals surface area contributed by atoms with Crippen molar-refractivity contribution in [3.63, 3.8) is 0 Å². The minimum Gasteiger partial charge on any atom is -0.493 e. The second-order valence-electron chi connectivity index (χ2n) is 4.30. The largest absolute Gasteiger partial charge is 0.493 e. The van der Waals surface area contributed by atoms with Gasteiger partial charge in [-0.2, -0.15) is 0 Å². The van der Waals surface area contributed by atoms with Crippen molar-refractivity contribution in [3.8, 4) is 5.88 Å². The van der Waals surface area contributed by atoms with Crippen LogP contribution in [0.3, 0.4) is 0 Å². The van der Waals surface area contributed by atoms with Crippen molar-refractivity contribution in [2.24, 2.45) is 4.99 Å². The lowest BCUT2D eigenvalue weighted by atomic mass is 10.3. The topological polar surface area (TPSA) is 54.6 Å². The Bertz CT molecular complexity index is 659. The van der Waals surface area contributed by atoms with Crippen LogP contribution in [0.2, 0.25) is 0 Å². The highest BCUT2D eigenvalue weighted by Crippen LogP contribution is 2.20. The Morgan fingerprint density at radius 3 is 2.75 bits per heavy atom. The molecule has 1 N–H and O–H groups in total. The number of unbranched alkanes of at least 4 members (excludes halogenated alkanes) is 1. The van der Waals surface area contributed by atoms with Crippen molar-refractivity contribution >= 4 is 23.2 Å². The van der Waals surface area contributed by atoms with Crippen molar-refractivity contribution < 1.29 is 9.50 Å². The van der Waals surface area contributed by atoms with E-state index in [4.69, 9.17) is 0 Å². The molecular formula is C14H15FN2O2S. The SMILES string of the molecule is CCCCn1c(O)c(C=Nc2ccc(F)cc2)sc1=O. The zero-order valence-corrected chi connectivity index (χ0v) is 11.9. The van der Waals surface area contributed by atoms with Crippen LogP contribution in [0.15, 0.2) is 34.1 Å². The Morgan fingerprint density at radius 1 is 1.40 bits per heavy atom. The van der Waals surface area contributed by atoms with Gasteiger partial charge in [0.05, 0.1) is 11.9 Å². The molecule has 2 aromatic rings. The number of rotatable bonds is 5. The second-order valence-corrected chi connectivity index (χ2v) is 5.29. The minimum atomic E-state index is -0.331. The monoisotopic (exact) mass is 294 g/mol. The fourth-order valence-corrected chi connectivity index (χ4v) is 2.46. The molecule has 1 aromatic carbocycles. The molecule has 0 fully saturated rings. The molecule has 0 radical (unpaired) electrons. The molecule has 0 saturated carbocycles. The van der Waals surface area contributed by atoms with Crippen LogP contribution in [-0.2, 0) is 6.54 Å². The van der Waals surface area contributed by atoms with E-state index in [1.54, 1.807) is 0 Å². The molecule has 2 rings (SSSR count). The standard InChI is InChI=1S/C14H15FN2O2S/c1-2-3-8-17-13(18)12(20-14(17)19)9-16-11-6-4-10(15)5-7-11/h4-7,9,18H,2-3,8H2,1H3. The van der Waals surface area contributed by atoms with E-state index in [2.05, 4.69) is 4.99 Å². The van der Waals surface area contributed by atoms with E-state index in [9.17, 15) is 14.3 Å². The van der Waals surface area contributed by atoms with Gasteiger partial charge in [-0.05, 0) is 30.7 Å². The van der Waals surface area contributed by atoms with E-state index in [0.29, 0.717) is 17.1 Å². The molecule has 0 unspecified atom stereocenters. The lowest BCUT2D eigenvalue weighted by molar-refractivity contribution is 0.408. The molecule has 106 valence electrons. The summed E-state index contributed by atoms with van der Waals surface area (Å²) >= 11 is 0.948. The maximum Gasteiger partial charge on any atom is 0.310 e. The van der Waals surface area contributed by atoms with Crippen LogP contribution in [0.1, 0.15) is 24.6 Å². The fraction of sp³-hybridized carbons (Fsp3) is 0.286. The van der Waals surface area contributed by atoms with Gasteiger partial charge in [0.15, 0.2) is 0 Å². The summed E-state index contributed by atoms with van der Waals surface area (Å²) in [7, 11) is 0. The van der Waals surface area contributed by atoms with Crippen molar-refractivity contribution in [2.45, 2.75) is 26.3 Å². The predicted molar refractivity (Wildman–Crippen MR) is 78.8 cm³/mol. The Labute approximate surface area is 119 Å². The first kappa shape index (κ1) is 14.5. The summed E-state index contributed by atoms with van der Waals surface area (Å²) in [6.45, 7) is 2.52. The Hall–Kier alpha value is -1.95. The van der Waals surface area contributed by atoms with Crippen LogP contribution in [0, 0.1) is 5.82 Å². The van der Waals surface area contributed by atoms with Gasteiger partial charge in [0.1, 0.15) is 10.7 Å². The molecule has 6 heteroatoms. The third-order valence-electron chi connectivity index (χ3n) is 2.79.